The number of piperazine rings is 1. The van der Waals surface area contributed by atoms with Gasteiger partial charge in [-0.15, -0.1) is 0 Å². The first-order valence-corrected chi connectivity index (χ1v) is 23.5. The minimum atomic E-state index is -1.02. The van der Waals surface area contributed by atoms with E-state index in [9.17, 15) is 20.1 Å². The van der Waals surface area contributed by atoms with Crippen LogP contribution in [0.5, 0.6) is 5.75 Å². The molecule has 8 heteroatoms. The Morgan fingerprint density at radius 3 is 2.11 bits per heavy atom. The number of rotatable bonds is 11. The zero-order valence-corrected chi connectivity index (χ0v) is 39.4. The van der Waals surface area contributed by atoms with Gasteiger partial charge in [-0.2, -0.15) is 0 Å². The second-order valence-corrected chi connectivity index (χ2v) is 21.1. The summed E-state index contributed by atoms with van der Waals surface area (Å²) in [7, 11) is 2.18. The number of nitrogens with zero attached hydrogens (tertiary/aromatic N) is 3. The van der Waals surface area contributed by atoms with E-state index in [0.717, 1.165) is 115 Å². The summed E-state index contributed by atoms with van der Waals surface area (Å²) < 4.78 is 6.71. The second-order valence-electron chi connectivity index (χ2n) is 21.1. The van der Waals surface area contributed by atoms with Crippen LogP contribution < -0.4 is 14.5 Å². The Morgan fingerprint density at radius 2 is 1.42 bits per heavy atom. The number of hydrogen-bond acceptors (Lipinski definition) is 7. The molecule has 8 rings (SSSR count). The number of aliphatic hydroxyl groups excluding tert-OH is 2. The number of carboxylic acid groups (broad SMARTS) is 1. The highest BCUT2D eigenvalue weighted by Gasteiger charge is 2.41. The summed E-state index contributed by atoms with van der Waals surface area (Å²) in [4.78, 5) is 19.8. The number of fused-ring (bicyclic) bond motifs is 2. The molecule has 3 aliphatic rings. The summed E-state index contributed by atoms with van der Waals surface area (Å²) in [6, 6.07) is 28.0. The number of aliphatic hydroxyl groups is 2. The van der Waals surface area contributed by atoms with Crippen LogP contribution in [0.3, 0.4) is 0 Å². The number of aromatic carboxylic acids is 1. The maximum Gasteiger partial charge on any atom is 0.335 e. The van der Waals surface area contributed by atoms with Gasteiger partial charge in [-0.1, -0.05) is 109 Å². The zero-order chi connectivity index (χ0) is 45.6. The molecule has 2 atom stereocenters. The molecule has 0 aromatic heterocycles. The minimum absolute atomic E-state index is 0.00519. The number of hydrogen-bond donors (Lipinski definition) is 3. The van der Waals surface area contributed by atoms with Gasteiger partial charge in [0.1, 0.15) is 18.5 Å². The fourth-order valence-corrected chi connectivity index (χ4v) is 10.2. The van der Waals surface area contributed by atoms with Gasteiger partial charge in [-0.05, 0) is 142 Å². The molecule has 0 spiro atoms. The van der Waals surface area contributed by atoms with E-state index in [4.69, 9.17) is 4.74 Å². The van der Waals surface area contributed by atoms with Crippen molar-refractivity contribution in [2.75, 3.05) is 56.1 Å². The van der Waals surface area contributed by atoms with Crippen LogP contribution in [0.15, 0.2) is 91.0 Å². The minimum Gasteiger partial charge on any atom is -0.486 e. The van der Waals surface area contributed by atoms with Crippen molar-refractivity contribution < 1.29 is 24.9 Å². The van der Waals surface area contributed by atoms with Crippen molar-refractivity contribution in [2.24, 2.45) is 0 Å². The van der Waals surface area contributed by atoms with Crippen LogP contribution in [0.1, 0.15) is 148 Å². The Morgan fingerprint density at radius 1 is 0.750 bits per heavy atom. The summed E-state index contributed by atoms with van der Waals surface area (Å²) in [5.41, 5.74) is 9.90. The van der Waals surface area contributed by atoms with Gasteiger partial charge >= 0.3 is 5.97 Å². The highest BCUT2D eigenvalue weighted by atomic mass is 16.5. The van der Waals surface area contributed by atoms with E-state index in [0.29, 0.717) is 12.2 Å². The van der Waals surface area contributed by atoms with E-state index < -0.39 is 18.2 Å². The number of piperidine rings is 1. The number of anilines is 2. The Labute approximate surface area is 381 Å². The van der Waals surface area contributed by atoms with Crippen molar-refractivity contribution in [3.05, 3.63) is 141 Å². The third-order valence-electron chi connectivity index (χ3n) is 14.3. The standard InChI is InChI=1S/C56H69N3O5/c1-54(2,3)46-32-41(34-48(58-23-13-10-14-24-58)52(46)64-36-37-15-11-9-12-16-37)49(60)20-19-39-30-43(53(62)63)29-38-17-18-40(31-44(38)39)51(61)42-33-45-50(56(6,7)22-21-55(45,4)5)47(35-42)59-27-25-57(8)26-28-59/h9,11-12,15-20,29-35,49,51,60-61H,10,13-14,21-28,36H2,1-8H3,(H,62,63). The summed E-state index contributed by atoms with van der Waals surface area (Å²) in [5.74, 6) is -0.171. The smallest absolute Gasteiger partial charge is 0.335 e. The van der Waals surface area contributed by atoms with Crippen LogP contribution in [-0.2, 0) is 22.9 Å². The lowest BCUT2D eigenvalue weighted by Crippen LogP contribution is -2.46. The molecule has 2 fully saturated rings. The zero-order valence-electron chi connectivity index (χ0n) is 39.4. The van der Waals surface area contributed by atoms with Crippen molar-refractivity contribution in [1.82, 2.24) is 4.90 Å². The Balaban J connectivity index is 1.18. The number of carboxylic acids is 1. The van der Waals surface area contributed by atoms with Crippen LogP contribution >= 0.6 is 0 Å². The molecule has 0 radical (unpaired) electrons. The number of carbonyl (C=O) groups is 1. The Bertz CT molecular complexity index is 2520. The van der Waals surface area contributed by atoms with Crippen molar-refractivity contribution in [1.29, 1.82) is 0 Å². The first-order chi connectivity index (χ1) is 30.4. The predicted octanol–water partition coefficient (Wildman–Crippen LogP) is 11.3. The number of ether oxygens (including phenoxy) is 1. The topological polar surface area (TPSA) is 96.7 Å². The van der Waals surface area contributed by atoms with Crippen LogP contribution in [0, 0.1) is 0 Å². The quantitative estimate of drug-likeness (QED) is 0.121. The van der Waals surface area contributed by atoms with Crippen LogP contribution in [0.25, 0.3) is 16.8 Å². The Hall–Kier alpha value is -5.15. The molecule has 338 valence electrons. The van der Waals surface area contributed by atoms with Gasteiger partial charge in [0.2, 0.25) is 0 Å². The Kier molecular flexibility index (Phi) is 12.8. The van der Waals surface area contributed by atoms with Crippen LogP contribution in [0.4, 0.5) is 11.4 Å². The van der Waals surface area contributed by atoms with Crippen molar-refractivity contribution in [2.45, 2.75) is 116 Å². The molecule has 8 nitrogen and oxygen atoms in total. The lowest BCUT2D eigenvalue weighted by atomic mass is 9.62. The summed E-state index contributed by atoms with van der Waals surface area (Å²) in [6.45, 7) is 22.1. The number of benzene rings is 5. The predicted molar refractivity (Wildman–Crippen MR) is 262 cm³/mol. The molecular weight excluding hydrogens is 795 g/mol. The van der Waals surface area contributed by atoms with E-state index in [1.807, 2.05) is 42.5 Å². The number of likely N-dealkylation sites (N-methyl/N-ethyl adjacent to an activating group) is 1. The van der Waals surface area contributed by atoms with Gasteiger partial charge in [0.05, 0.1) is 17.4 Å². The first kappa shape index (κ1) is 45.4. The van der Waals surface area contributed by atoms with Crippen molar-refractivity contribution in [3.8, 4) is 5.75 Å². The van der Waals surface area contributed by atoms with E-state index in [1.54, 1.807) is 18.2 Å². The van der Waals surface area contributed by atoms with Gasteiger partial charge in [0.25, 0.3) is 0 Å². The SMILES string of the molecule is CN1CCN(c2cc(C(O)c3ccc4cc(C(=O)O)cc(C=CC(O)c5cc(N6CCCCC6)c(OCc6ccccc6)c(C(C)(C)C)c5)c4c3)cc3c2C(C)(C)CCC3(C)C)CC1. The van der Waals surface area contributed by atoms with Gasteiger partial charge in [-0.25, -0.2) is 4.79 Å². The normalized spacial score (nSPS) is 18.8. The van der Waals surface area contributed by atoms with Gasteiger partial charge in [0, 0.05) is 50.5 Å². The van der Waals surface area contributed by atoms with E-state index in [1.165, 1.54) is 23.2 Å². The maximum atomic E-state index is 12.5. The molecular formula is C56H69N3O5. The molecule has 0 saturated carbocycles. The second kappa shape index (κ2) is 18.0. The summed E-state index contributed by atoms with van der Waals surface area (Å²) in [6.07, 6.45) is 7.26. The highest BCUT2D eigenvalue weighted by molar-refractivity contribution is 5.99. The summed E-state index contributed by atoms with van der Waals surface area (Å²) >= 11 is 0. The lowest BCUT2D eigenvalue weighted by Gasteiger charge is -2.46. The van der Waals surface area contributed by atoms with Crippen molar-refractivity contribution >= 4 is 34.2 Å². The largest absolute Gasteiger partial charge is 0.486 e. The van der Waals surface area contributed by atoms with Crippen LogP contribution in [0.2, 0.25) is 0 Å². The molecule has 3 N–H and O–H groups in total. The molecule has 1 aliphatic carbocycles. The lowest BCUT2D eigenvalue weighted by molar-refractivity contribution is 0.0697. The van der Waals surface area contributed by atoms with Gasteiger partial charge in [0.15, 0.2) is 0 Å². The third-order valence-corrected chi connectivity index (χ3v) is 14.3. The molecule has 5 aromatic carbocycles. The average molecular weight is 864 g/mol. The highest BCUT2D eigenvalue weighted by Crippen LogP contribution is 2.51. The average Bonchev–Trinajstić information content (AvgIpc) is 3.28. The van der Waals surface area contributed by atoms with Gasteiger partial charge < -0.3 is 34.8 Å². The molecule has 0 bridgehead atoms. The fraction of sp³-hybridized carbons (Fsp3) is 0.446. The molecule has 2 heterocycles. The molecule has 2 saturated heterocycles. The van der Waals surface area contributed by atoms with E-state index in [2.05, 4.69) is 107 Å². The third kappa shape index (κ3) is 9.47. The molecule has 64 heavy (non-hydrogen) atoms. The van der Waals surface area contributed by atoms with E-state index >= 15 is 0 Å². The molecule has 5 aromatic rings. The maximum absolute atomic E-state index is 12.5. The summed E-state index contributed by atoms with van der Waals surface area (Å²) in [5, 5.41) is 36.2. The molecule has 0 amide bonds. The molecule has 2 unspecified atom stereocenters. The van der Waals surface area contributed by atoms with Gasteiger partial charge in [-0.3, -0.25) is 0 Å². The van der Waals surface area contributed by atoms with Crippen molar-refractivity contribution in [3.63, 3.8) is 0 Å². The fourth-order valence-electron chi connectivity index (χ4n) is 10.2. The first-order valence-electron chi connectivity index (χ1n) is 23.5. The van der Waals surface area contributed by atoms with E-state index in [-0.39, 0.29) is 21.8 Å². The molecule has 2 aliphatic heterocycles. The van der Waals surface area contributed by atoms with Crippen LogP contribution in [-0.4, -0.2) is 72.5 Å². The monoisotopic (exact) mass is 864 g/mol.